The Labute approximate surface area is 103 Å². The fourth-order valence-electron chi connectivity index (χ4n) is 2.01. The number of carbonyl (C=O) groups is 1. The highest BCUT2D eigenvalue weighted by Gasteiger charge is 2.34. The molecule has 0 aromatic rings. The molecule has 0 aliphatic carbocycles. The summed E-state index contributed by atoms with van der Waals surface area (Å²) in [6, 6.07) is -0.288. The van der Waals surface area contributed by atoms with Gasteiger partial charge < -0.3 is 15.5 Å². The molecule has 1 amide bonds. The molecule has 1 aliphatic heterocycles. The summed E-state index contributed by atoms with van der Waals surface area (Å²) >= 11 is 0. The number of unbranched alkanes of at least 4 members (excludes halogenated alkanes) is 2. The zero-order valence-electron chi connectivity index (χ0n) is 10.7. The van der Waals surface area contributed by atoms with Gasteiger partial charge in [0.1, 0.15) is 0 Å². The van der Waals surface area contributed by atoms with Crippen LogP contribution in [0.5, 0.6) is 0 Å². The summed E-state index contributed by atoms with van der Waals surface area (Å²) in [6.07, 6.45) is 1.79. The third-order valence-electron chi connectivity index (χ3n) is 3.29. The van der Waals surface area contributed by atoms with Crippen molar-refractivity contribution in [2.24, 2.45) is 0 Å². The van der Waals surface area contributed by atoms with Crippen LogP contribution < -0.4 is 5.32 Å². The molecule has 1 aliphatic rings. The fraction of sp³-hybridized carbons (Fsp3) is 0.917. The number of nitrogens with one attached hydrogen (secondary N) is 1. The van der Waals surface area contributed by atoms with E-state index in [4.69, 9.17) is 0 Å². The van der Waals surface area contributed by atoms with E-state index in [-0.39, 0.29) is 11.9 Å². The molecule has 0 saturated carbocycles. The highest BCUT2D eigenvalue weighted by Crippen LogP contribution is 2.13. The van der Waals surface area contributed by atoms with Gasteiger partial charge in [0.2, 0.25) is 5.91 Å². The van der Waals surface area contributed by atoms with Crippen molar-refractivity contribution in [2.75, 3.05) is 19.6 Å². The van der Waals surface area contributed by atoms with Crippen LogP contribution in [0.15, 0.2) is 0 Å². The number of aliphatic hydroxyl groups is 2. The molecular formula is C12H24N2O3. The first kappa shape index (κ1) is 14.4. The number of rotatable bonds is 6. The maximum absolute atomic E-state index is 11.8. The molecule has 0 bridgehead atoms. The van der Waals surface area contributed by atoms with E-state index in [2.05, 4.69) is 12.2 Å². The van der Waals surface area contributed by atoms with Gasteiger partial charge in [-0.05, 0) is 13.3 Å². The van der Waals surface area contributed by atoms with Gasteiger partial charge in [0.15, 0.2) is 0 Å². The monoisotopic (exact) mass is 244 g/mol. The lowest BCUT2D eigenvalue weighted by Gasteiger charge is -2.22. The fourth-order valence-corrected chi connectivity index (χ4v) is 2.01. The second-order valence-corrected chi connectivity index (χ2v) is 4.76. The maximum atomic E-state index is 11.8. The number of carbonyl (C=O) groups excluding carboxylic acids is 1. The molecule has 0 aromatic heterocycles. The Morgan fingerprint density at radius 3 is 2.47 bits per heavy atom. The average Bonchev–Trinajstić information content (AvgIpc) is 2.64. The minimum Gasteiger partial charge on any atom is -0.389 e. The standard InChI is InChI=1S/C12H24N2O3/c1-3-4-5-6-13-12(17)9(2)14-7-10(15)11(16)8-14/h9-11,15-16H,3-8H2,1-2H3,(H,13,17). The molecular weight excluding hydrogens is 220 g/mol. The van der Waals surface area contributed by atoms with E-state index in [1.54, 1.807) is 6.92 Å². The van der Waals surface area contributed by atoms with Gasteiger partial charge in [0.05, 0.1) is 18.2 Å². The van der Waals surface area contributed by atoms with Gasteiger partial charge in [0, 0.05) is 19.6 Å². The number of β-amino-alcohol motifs (C(OH)–C–C–N with tert-alkyl or cyclic N) is 2. The van der Waals surface area contributed by atoms with E-state index in [0.717, 1.165) is 19.3 Å². The van der Waals surface area contributed by atoms with Crippen molar-refractivity contribution >= 4 is 5.91 Å². The molecule has 100 valence electrons. The van der Waals surface area contributed by atoms with Gasteiger partial charge in [-0.1, -0.05) is 19.8 Å². The molecule has 3 unspecified atom stereocenters. The maximum Gasteiger partial charge on any atom is 0.237 e. The molecule has 1 fully saturated rings. The predicted octanol–water partition coefficient (Wildman–Crippen LogP) is -0.281. The Bertz CT molecular complexity index is 238. The molecule has 0 spiro atoms. The molecule has 5 nitrogen and oxygen atoms in total. The lowest BCUT2D eigenvalue weighted by atomic mass is 10.2. The molecule has 17 heavy (non-hydrogen) atoms. The Morgan fingerprint density at radius 1 is 1.35 bits per heavy atom. The number of aliphatic hydroxyl groups excluding tert-OH is 2. The van der Waals surface area contributed by atoms with Crippen LogP contribution in [0.25, 0.3) is 0 Å². The molecule has 1 heterocycles. The topological polar surface area (TPSA) is 72.8 Å². The highest BCUT2D eigenvalue weighted by molar-refractivity contribution is 5.81. The molecule has 1 saturated heterocycles. The summed E-state index contributed by atoms with van der Waals surface area (Å²) in [4.78, 5) is 13.6. The summed E-state index contributed by atoms with van der Waals surface area (Å²) in [7, 11) is 0. The van der Waals surface area contributed by atoms with Crippen molar-refractivity contribution in [3.63, 3.8) is 0 Å². The van der Waals surface area contributed by atoms with Crippen LogP contribution in [0.1, 0.15) is 33.1 Å². The van der Waals surface area contributed by atoms with Crippen LogP contribution in [0, 0.1) is 0 Å². The Balaban J connectivity index is 2.27. The van der Waals surface area contributed by atoms with Gasteiger partial charge >= 0.3 is 0 Å². The lowest BCUT2D eigenvalue weighted by Crippen LogP contribution is -2.44. The van der Waals surface area contributed by atoms with Crippen molar-refractivity contribution in [1.82, 2.24) is 10.2 Å². The van der Waals surface area contributed by atoms with Gasteiger partial charge in [-0.2, -0.15) is 0 Å². The van der Waals surface area contributed by atoms with E-state index in [1.807, 2.05) is 4.90 Å². The number of amides is 1. The highest BCUT2D eigenvalue weighted by atomic mass is 16.3. The minimum absolute atomic E-state index is 0.0256. The summed E-state index contributed by atoms with van der Waals surface area (Å²) in [5, 5.41) is 21.7. The third-order valence-corrected chi connectivity index (χ3v) is 3.29. The van der Waals surface area contributed by atoms with Crippen LogP contribution in [0.2, 0.25) is 0 Å². The second-order valence-electron chi connectivity index (χ2n) is 4.76. The first-order valence-electron chi connectivity index (χ1n) is 6.44. The minimum atomic E-state index is -0.731. The predicted molar refractivity (Wildman–Crippen MR) is 65.6 cm³/mol. The number of hydrogen-bond acceptors (Lipinski definition) is 4. The number of likely N-dealkylation sites (tertiary alicyclic amines) is 1. The van der Waals surface area contributed by atoms with Crippen molar-refractivity contribution in [2.45, 2.75) is 51.4 Å². The zero-order valence-corrected chi connectivity index (χ0v) is 10.7. The Kier molecular flexibility index (Phi) is 5.88. The lowest BCUT2D eigenvalue weighted by molar-refractivity contribution is -0.125. The number of nitrogens with zero attached hydrogens (tertiary/aromatic N) is 1. The van der Waals surface area contributed by atoms with Gasteiger partial charge in [0.25, 0.3) is 0 Å². The largest absolute Gasteiger partial charge is 0.389 e. The molecule has 3 atom stereocenters. The number of hydrogen-bond donors (Lipinski definition) is 3. The smallest absolute Gasteiger partial charge is 0.237 e. The summed E-state index contributed by atoms with van der Waals surface area (Å²) in [5.74, 6) is -0.0256. The van der Waals surface area contributed by atoms with Gasteiger partial charge in [-0.3, -0.25) is 9.69 Å². The zero-order chi connectivity index (χ0) is 12.8. The van der Waals surface area contributed by atoms with Crippen molar-refractivity contribution < 1.29 is 15.0 Å². The Hall–Kier alpha value is -0.650. The van der Waals surface area contributed by atoms with Crippen molar-refractivity contribution in [3.05, 3.63) is 0 Å². The molecule has 0 radical (unpaired) electrons. The molecule has 1 rings (SSSR count). The first-order chi connectivity index (χ1) is 8.06. The average molecular weight is 244 g/mol. The summed E-state index contributed by atoms with van der Waals surface area (Å²) in [5.41, 5.74) is 0. The molecule has 0 aromatic carbocycles. The quantitative estimate of drug-likeness (QED) is 0.562. The summed E-state index contributed by atoms with van der Waals surface area (Å²) < 4.78 is 0. The van der Waals surface area contributed by atoms with Crippen LogP contribution in [-0.4, -0.2) is 58.9 Å². The van der Waals surface area contributed by atoms with Gasteiger partial charge in [-0.25, -0.2) is 0 Å². The SMILES string of the molecule is CCCCCNC(=O)C(C)N1CC(O)C(O)C1. The van der Waals surface area contributed by atoms with Crippen molar-refractivity contribution in [1.29, 1.82) is 0 Å². The van der Waals surface area contributed by atoms with E-state index in [1.165, 1.54) is 0 Å². The second kappa shape index (κ2) is 6.93. The van der Waals surface area contributed by atoms with Gasteiger partial charge in [-0.15, -0.1) is 0 Å². The van der Waals surface area contributed by atoms with Crippen LogP contribution in [0.4, 0.5) is 0 Å². The Morgan fingerprint density at radius 2 is 1.94 bits per heavy atom. The van der Waals surface area contributed by atoms with E-state index >= 15 is 0 Å². The van der Waals surface area contributed by atoms with Crippen molar-refractivity contribution in [3.8, 4) is 0 Å². The van der Waals surface area contributed by atoms with Crippen LogP contribution in [-0.2, 0) is 4.79 Å². The normalized spacial score (nSPS) is 27.1. The van der Waals surface area contributed by atoms with E-state index in [0.29, 0.717) is 19.6 Å². The molecule has 5 heteroatoms. The van der Waals surface area contributed by atoms with Crippen LogP contribution >= 0.6 is 0 Å². The van der Waals surface area contributed by atoms with Crippen LogP contribution in [0.3, 0.4) is 0 Å². The molecule has 3 N–H and O–H groups in total. The summed E-state index contributed by atoms with van der Waals surface area (Å²) in [6.45, 7) is 5.36. The third kappa shape index (κ3) is 4.26. The van der Waals surface area contributed by atoms with E-state index < -0.39 is 12.2 Å². The van der Waals surface area contributed by atoms with E-state index in [9.17, 15) is 15.0 Å². The first-order valence-corrected chi connectivity index (χ1v) is 6.44.